The summed E-state index contributed by atoms with van der Waals surface area (Å²) in [6.07, 6.45) is 5.32. The quantitative estimate of drug-likeness (QED) is 0.261. The summed E-state index contributed by atoms with van der Waals surface area (Å²) in [5.74, 6) is 1.26. The normalized spacial score (nSPS) is 11.0. The molecule has 0 bridgehead atoms. The molecule has 0 fully saturated rings. The zero-order chi connectivity index (χ0) is 26.7. The van der Waals surface area contributed by atoms with Crippen LogP contribution in [-0.4, -0.2) is 39.9 Å². The third-order valence-corrected chi connectivity index (χ3v) is 6.31. The van der Waals surface area contributed by atoms with Crippen molar-refractivity contribution in [3.63, 3.8) is 0 Å². The minimum atomic E-state index is 0.415. The van der Waals surface area contributed by atoms with Crippen LogP contribution >= 0.6 is 0 Å². The monoisotopic (exact) mass is 516 g/mol. The molecule has 0 unspecified atom stereocenters. The molecule has 0 saturated heterocycles. The minimum Gasteiger partial charge on any atom is -0.255 e. The summed E-state index contributed by atoms with van der Waals surface area (Å²) in [6, 6.07) is 32.9. The van der Waals surface area contributed by atoms with Crippen molar-refractivity contribution >= 4 is 10.8 Å². The van der Waals surface area contributed by atoms with Crippen molar-refractivity contribution < 1.29 is 0 Å². The number of aromatic nitrogens is 8. The zero-order valence-electron chi connectivity index (χ0n) is 21.1. The van der Waals surface area contributed by atoms with Gasteiger partial charge in [-0.25, -0.2) is 24.9 Å². The summed E-state index contributed by atoms with van der Waals surface area (Å²) in [4.78, 5) is 37.6. The first kappa shape index (κ1) is 23.4. The highest BCUT2D eigenvalue weighted by atomic mass is 15.1. The molecular formula is C32H20N8. The molecular weight excluding hydrogens is 496 g/mol. The van der Waals surface area contributed by atoms with E-state index in [1.807, 2.05) is 109 Å². The molecule has 1 aromatic carbocycles. The number of fused-ring (bicyclic) bond motifs is 1. The molecule has 188 valence electrons. The maximum Gasteiger partial charge on any atom is 0.182 e. The van der Waals surface area contributed by atoms with Gasteiger partial charge in [0, 0.05) is 24.0 Å². The predicted octanol–water partition coefficient (Wildman–Crippen LogP) is 6.33. The molecule has 0 aliphatic heterocycles. The molecule has 7 rings (SSSR count). The molecule has 0 amide bonds. The number of nitrogens with zero attached hydrogens (tertiary/aromatic N) is 8. The van der Waals surface area contributed by atoms with Crippen molar-refractivity contribution in [2.75, 3.05) is 0 Å². The lowest BCUT2D eigenvalue weighted by molar-refractivity contribution is 1.04. The first-order valence-electron chi connectivity index (χ1n) is 12.7. The number of hydrogen-bond acceptors (Lipinski definition) is 8. The molecule has 8 heteroatoms. The Kier molecular flexibility index (Phi) is 5.95. The van der Waals surface area contributed by atoms with Gasteiger partial charge in [-0.1, -0.05) is 48.5 Å². The van der Waals surface area contributed by atoms with Gasteiger partial charge in [-0.15, -0.1) is 0 Å². The van der Waals surface area contributed by atoms with Crippen LogP contribution in [0.5, 0.6) is 0 Å². The fourth-order valence-electron chi connectivity index (χ4n) is 4.36. The van der Waals surface area contributed by atoms with Crippen LogP contribution in [-0.2, 0) is 0 Å². The number of pyridine rings is 5. The average molecular weight is 517 g/mol. The lowest BCUT2D eigenvalue weighted by Gasteiger charge is -2.09. The van der Waals surface area contributed by atoms with Crippen molar-refractivity contribution in [2.45, 2.75) is 0 Å². The highest BCUT2D eigenvalue weighted by Gasteiger charge is 2.16. The van der Waals surface area contributed by atoms with Gasteiger partial charge in [0.15, 0.2) is 17.5 Å². The van der Waals surface area contributed by atoms with E-state index < -0.39 is 0 Å². The fraction of sp³-hybridized carbons (Fsp3) is 0. The van der Waals surface area contributed by atoms with E-state index in [-0.39, 0.29) is 0 Å². The first-order chi connectivity index (χ1) is 19.8. The lowest BCUT2D eigenvalue weighted by Crippen LogP contribution is -2.03. The van der Waals surface area contributed by atoms with Crippen molar-refractivity contribution in [1.82, 2.24) is 39.9 Å². The minimum absolute atomic E-state index is 0.415. The van der Waals surface area contributed by atoms with E-state index in [1.54, 1.807) is 12.4 Å². The molecule has 0 atom stereocenters. The first-order valence-corrected chi connectivity index (χ1v) is 12.7. The molecule has 0 aliphatic carbocycles. The van der Waals surface area contributed by atoms with Gasteiger partial charge < -0.3 is 0 Å². The maximum absolute atomic E-state index is 4.83. The second-order valence-electron chi connectivity index (χ2n) is 8.97. The van der Waals surface area contributed by atoms with Crippen molar-refractivity contribution in [1.29, 1.82) is 0 Å². The van der Waals surface area contributed by atoms with Crippen LogP contribution in [0.25, 0.3) is 68.1 Å². The lowest BCUT2D eigenvalue weighted by atomic mass is 10.1. The van der Waals surface area contributed by atoms with Gasteiger partial charge >= 0.3 is 0 Å². The van der Waals surface area contributed by atoms with E-state index in [4.69, 9.17) is 24.9 Å². The molecule has 40 heavy (non-hydrogen) atoms. The second kappa shape index (κ2) is 10.2. The van der Waals surface area contributed by atoms with E-state index in [2.05, 4.69) is 15.0 Å². The topological polar surface area (TPSA) is 103 Å². The average Bonchev–Trinajstić information content (AvgIpc) is 3.05. The zero-order valence-corrected chi connectivity index (χ0v) is 21.1. The highest BCUT2D eigenvalue weighted by molar-refractivity contribution is 5.84. The van der Waals surface area contributed by atoms with Gasteiger partial charge in [0.25, 0.3) is 0 Å². The maximum atomic E-state index is 4.83. The van der Waals surface area contributed by atoms with Gasteiger partial charge in [0.1, 0.15) is 17.1 Å². The Morgan fingerprint density at radius 3 is 1.35 bits per heavy atom. The fourth-order valence-corrected chi connectivity index (χ4v) is 4.36. The molecule has 7 aromatic rings. The summed E-state index contributed by atoms with van der Waals surface area (Å²) in [5.41, 5.74) is 4.79. The Labute approximate surface area is 229 Å². The van der Waals surface area contributed by atoms with Gasteiger partial charge in [-0.05, 0) is 60.0 Å². The van der Waals surface area contributed by atoms with Crippen LogP contribution < -0.4 is 0 Å². The Bertz CT molecular complexity index is 1860. The van der Waals surface area contributed by atoms with Gasteiger partial charge in [-0.2, -0.15) is 0 Å². The van der Waals surface area contributed by atoms with Crippen molar-refractivity contribution in [3.05, 3.63) is 122 Å². The molecule has 0 aliphatic rings. The Hall–Kier alpha value is -5.76. The summed E-state index contributed by atoms with van der Waals surface area (Å²) in [5, 5.41) is 2.08. The van der Waals surface area contributed by atoms with Gasteiger partial charge in [0.2, 0.25) is 0 Å². The van der Waals surface area contributed by atoms with Crippen molar-refractivity contribution in [3.8, 4) is 57.3 Å². The molecule has 0 saturated carbocycles. The summed E-state index contributed by atoms with van der Waals surface area (Å²) in [6.45, 7) is 0. The van der Waals surface area contributed by atoms with E-state index >= 15 is 0 Å². The summed E-state index contributed by atoms with van der Waals surface area (Å²) >= 11 is 0. The molecule has 6 heterocycles. The standard InChI is InChI=1S/C32H20N8/c1-2-10-22-20-35-29(19-21(22)9-1)32-39-30(27-15-7-13-25(36-27)23-11-3-5-17-33-23)38-31(40-32)28-16-8-14-26(37-28)24-12-4-6-18-34-24/h1-20H. The molecule has 6 aromatic heterocycles. The summed E-state index contributed by atoms with van der Waals surface area (Å²) in [7, 11) is 0. The van der Waals surface area contributed by atoms with Crippen molar-refractivity contribution in [2.24, 2.45) is 0 Å². The van der Waals surface area contributed by atoms with Gasteiger partial charge in [-0.3, -0.25) is 15.0 Å². The number of rotatable bonds is 5. The number of benzene rings is 1. The second-order valence-corrected chi connectivity index (χ2v) is 8.97. The molecule has 8 nitrogen and oxygen atoms in total. The van der Waals surface area contributed by atoms with Crippen LogP contribution in [0.2, 0.25) is 0 Å². The molecule has 0 radical (unpaired) electrons. The highest BCUT2D eigenvalue weighted by Crippen LogP contribution is 2.26. The Morgan fingerprint density at radius 2 is 0.800 bits per heavy atom. The van der Waals surface area contributed by atoms with E-state index in [0.717, 1.165) is 33.5 Å². The predicted molar refractivity (Wildman–Crippen MR) is 153 cm³/mol. The van der Waals surface area contributed by atoms with Crippen LogP contribution in [0.3, 0.4) is 0 Å². The van der Waals surface area contributed by atoms with Crippen LogP contribution in [0.4, 0.5) is 0 Å². The summed E-state index contributed by atoms with van der Waals surface area (Å²) < 4.78 is 0. The van der Waals surface area contributed by atoms with Crippen LogP contribution in [0.1, 0.15) is 0 Å². The largest absolute Gasteiger partial charge is 0.255 e. The smallest absolute Gasteiger partial charge is 0.182 e. The van der Waals surface area contributed by atoms with Gasteiger partial charge in [0.05, 0.1) is 22.8 Å². The van der Waals surface area contributed by atoms with Crippen LogP contribution in [0.15, 0.2) is 122 Å². The Morgan fingerprint density at radius 1 is 0.325 bits per heavy atom. The van der Waals surface area contributed by atoms with E-state index in [1.165, 1.54) is 0 Å². The van der Waals surface area contributed by atoms with E-state index in [0.29, 0.717) is 34.6 Å². The molecule has 0 spiro atoms. The molecule has 0 N–H and O–H groups in total. The van der Waals surface area contributed by atoms with E-state index in [9.17, 15) is 0 Å². The SMILES string of the molecule is c1ccc(-c2cccc(-c3nc(-c4cc5ccccc5cn4)nc(-c4cccc(-c5ccccn5)n4)n3)n2)nc1. The van der Waals surface area contributed by atoms with Crippen LogP contribution in [0, 0.1) is 0 Å². The third kappa shape index (κ3) is 4.65. The Balaban J connectivity index is 1.40. The number of hydrogen-bond donors (Lipinski definition) is 0. The third-order valence-electron chi connectivity index (χ3n) is 6.31.